The van der Waals surface area contributed by atoms with Gasteiger partial charge >= 0.3 is 5.97 Å². The lowest BCUT2D eigenvalue weighted by Crippen LogP contribution is -2.40. The Morgan fingerprint density at radius 2 is 1.80 bits per heavy atom. The molecule has 0 rings (SSSR count). The molecule has 0 heterocycles. The van der Waals surface area contributed by atoms with Gasteiger partial charge in [0, 0.05) is 0 Å². The molecular formula is C12H25NO2. The van der Waals surface area contributed by atoms with Gasteiger partial charge in [-0.1, -0.05) is 40.5 Å². The maximum atomic E-state index is 11.0. The van der Waals surface area contributed by atoms with Gasteiger partial charge in [0.1, 0.15) is 6.04 Å². The standard InChI is InChI=1S/C12H25NO2/c1-5-10(6-2)8-13-11(12(14)15)7-9(3)4/h9-11,13H,5-8H2,1-4H3,(H,14,15)/t11-/m1/s1. The molecule has 0 aromatic rings. The monoisotopic (exact) mass is 215 g/mol. The van der Waals surface area contributed by atoms with E-state index in [-0.39, 0.29) is 6.04 Å². The molecule has 15 heavy (non-hydrogen) atoms. The first-order valence-electron chi connectivity index (χ1n) is 5.97. The Kier molecular flexibility index (Phi) is 7.39. The Morgan fingerprint density at radius 3 is 2.13 bits per heavy atom. The molecule has 1 atom stereocenters. The van der Waals surface area contributed by atoms with E-state index in [1.165, 1.54) is 0 Å². The van der Waals surface area contributed by atoms with Crippen molar-refractivity contribution in [3.05, 3.63) is 0 Å². The van der Waals surface area contributed by atoms with Crippen molar-refractivity contribution in [3.8, 4) is 0 Å². The second kappa shape index (κ2) is 7.69. The van der Waals surface area contributed by atoms with E-state index in [0.717, 1.165) is 19.4 Å². The fraction of sp³-hybridized carbons (Fsp3) is 0.917. The fourth-order valence-electron chi connectivity index (χ4n) is 1.63. The second-order valence-electron chi connectivity index (χ2n) is 4.61. The van der Waals surface area contributed by atoms with Crippen LogP contribution in [0.2, 0.25) is 0 Å². The maximum Gasteiger partial charge on any atom is 0.320 e. The van der Waals surface area contributed by atoms with Crippen molar-refractivity contribution in [2.24, 2.45) is 11.8 Å². The van der Waals surface area contributed by atoms with Gasteiger partial charge in [-0.25, -0.2) is 0 Å². The average molecular weight is 215 g/mol. The third-order valence-corrected chi connectivity index (χ3v) is 2.81. The van der Waals surface area contributed by atoms with Crippen molar-refractivity contribution in [1.82, 2.24) is 5.32 Å². The lowest BCUT2D eigenvalue weighted by atomic mass is 10.0. The first kappa shape index (κ1) is 14.4. The Balaban J connectivity index is 4.00. The molecule has 0 bridgehead atoms. The molecule has 90 valence electrons. The quantitative estimate of drug-likeness (QED) is 0.654. The molecule has 2 N–H and O–H groups in total. The highest BCUT2D eigenvalue weighted by atomic mass is 16.4. The molecule has 0 spiro atoms. The van der Waals surface area contributed by atoms with Gasteiger partial charge in [0.25, 0.3) is 0 Å². The molecule has 0 amide bonds. The van der Waals surface area contributed by atoms with Crippen molar-refractivity contribution in [2.75, 3.05) is 6.54 Å². The van der Waals surface area contributed by atoms with Crippen LogP contribution in [0.5, 0.6) is 0 Å². The van der Waals surface area contributed by atoms with Gasteiger partial charge in [-0.05, 0) is 24.8 Å². The van der Waals surface area contributed by atoms with Crippen LogP contribution in [0.3, 0.4) is 0 Å². The lowest BCUT2D eigenvalue weighted by Gasteiger charge is -2.20. The second-order valence-corrected chi connectivity index (χ2v) is 4.61. The van der Waals surface area contributed by atoms with Crippen molar-refractivity contribution in [3.63, 3.8) is 0 Å². The summed E-state index contributed by atoms with van der Waals surface area (Å²) in [5.74, 6) is 0.286. The number of hydrogen-bond donors (Lipinski definition) is 2. The molecule has 0 aliphatic rings. The first-order valence-corrected chi connectivity index (χ1v) is 5.97. The molecule has 0 aromatic carbocycles. The van der Waals surface area contributed by atoms with Gasteiger partial charge in [-0.2, -0.15) is 0 Å². The van der Waals surface area contributed by atoms with E-state index in [1.807, 2.05) is 0 Å². The highest BCUT2D eigenvalue weighted by Crippen LogP contribution is 2.09. The summed E-state index contributed by atoms with van der Waals surface area (Å²) in [6.45, 7) is 9.21. The molecular weight excluding hydrogens is 190 g/mol. The van der Waals surface area contributed by atoms with E-state index in [9.17, 15) is 4.79 Å². The van der Waals surface area contributed by atoms with Crippen LogP contribution in [0.15, 0.2) is 0 Å². The van der Waals surface area contributed by atoms with Crippen LogP contribution >= 0.6 is 0 Å². The minimum absolute atomic E-state index is 0.384. The number of nitrogens with one attached hydrogen (secondary N) is 1. The molecule has 0 aliphatic heterocycles. The van der Waals surface area contributed by atoms with Crippen LogP contribution in [0, 0.1) is 11.8 Å². The summed E-state index contributed by atoms with van der Waals surface area (Å²) < 4.78 is 0. The van der Waals surface area contributed by atoms with E-state index in [2.05, 4.69) is 33.0 Å². The van der Waals surface area contributed by atoms with Crippen molar-refractivity contribution in [1.29, 1.82) is 0 Å². The molecule has 0 aromatic heterocycles. The van der Waals surface area contributed by atoms with Crippen LogP contribution in [-0.4, -0.2) is 23.7 Å². The SMILES string of the molecule is CCC(CC)CN[C@H](CC(C)C)C(=O)O. The van der Waals surface area contributed by atoms with Crippen LogP contribution in [0.4, 0.5) is 0 Å². The van der Waals surface area contributed by atoms with Crippen LogP contribution in [0.1, 0.15) is 47.0 Å². The smallest absolute Gasteiger partial charge is 0.320 e. The molecule has 3 nitrogen and oxygen atoms in total. The molecule has 0 radical (unpaired) electrons. The number of aliphatic carboxylic acids is 1. The highest BCUT2D eigenvalue weighted by Gasteiger charge is 2.18. The topological polar surface area (TPSA) is 49.3 Å². The third kappa shape index (κ3) is 6.50. The number of carboxylic acid groups (broad SMARTS) is 1. The Labute approximate surface area is 93.3 Å². The van der Waals surface area contributed by atoms with Crippen molar-refractivity contribution in [2.45, 2.75) is 53.0 Å². The zero-order valence-corrected chi connectivity index (χ0v) is 10.4. The summed E-state index contributed by atoms with van der Waals surface area (Å²) in [4.78, 5) is 11.0. The maximum absolute atomic E-state index is 11.0. The van der Waals surface area contributed by atoms with Crippen LogP contribution in [-0.2, 0) is 4.79 Å². The van der Waals surface area contributed by atoms with Crippen molar-refractivity contribution < 1.29 is 9.90 Å². The molecule has 0 fully saturated rings. The molecule has 0 unspecified atom stereocenters. The predicted molar refractivity (Wildman–Crippen MR) is 63.0 cm³/mol. The van der Waals surface area contributed by atoms with Gasteiger partial charge in [-0.3, -0.25) is 4.79 Å². The van der Waals surface area contributed by atoms with E-state index >= 15 is 0 Å². The summed E-state index contributed by atoms with van der Waals surface area (Å²) in [7, 11) is 0. The molecule has 0 saturated carbocycles. The molecule has 3 heteroatoms. The van der Waals surface area contributed by atoms with Crippen LogP contribution in [0.25, 0.3) is 0 Å². The molecule has 0 aliphatic carbocycles. The summed E-state index contributed by atoms with van der Waals surface area (Å²) >= 11 is 0. The number of carbonyl (C=O) groups is 1. The predicted octanol–water partition coefficient (Wildman–Crippen LogP) is 2.51. The van der Waals surface area contributed by atoms with E-state index < -0.39 is 5.97 Å². The Morgan fingerprint density at radius 1 is 1.27 bits per heavy atom. The molecule has 0 saturated heterocycles. The normalized spacial score (nSPS) is 13.5. The van der Waals surface area contributed by atoms with Gasteiger partial charge in [0.05, 0.1) is 0 Å². The third-order valence-electron chi connectivity index (χ3n) is 2.81. The summed E-state index contributed by atoms with van der Waals surface area (Å²) in [5.41, 5.74) is 0. The van der Waals surface area contributed by atoms with Crippen LogP contribution < -0.4 is 5.32 Å². The summed E-state index contributed by atoms with van der Waals surface area (Å²) in [6, 6.07) is -0.384. The number of carboxylic acids is 1. The van der Waals surface area contributed by atoms with E-state index in [0.29, 0.717) is 18.3 Å². The zero-order chi connectivity index (χ0) is 11.8. The first-order chi connectivity index (χ1) is 7.01. The van der Waals surface area contributed by atoms with Gasteiger partial charge < -0.3 is 10.4 Å². The van der Waals surface area contributed by atoms with Gasteiger partial charge in [-0.15, -0.1) is 0 Å². The van der Waals surface area contributed by atoms with Gasteiger partial charge in [0.15, 0.2) is 0 Å². The zero-order valence-electron chi connectivity index (χ0n) is 10.4. The number of hydrogen-bond acceptors (Lipinski definition) is 2. The minimum Gasteiger partial charge on any atom is -0.480 e. The highest BCUT2D eigenvalue weighted by molar-refractivity contribution is 5.73. The Bertz CT molecular complexity index is 176. The Hall–Kier alpha value is -0.570. The number of rotatable bonds is 8. The minimum atomic E-state index is -0.727. The van der Waals surface area contributed by atoms with E-state index in [4.69, 9.17) is 5.11 Å². The van der Waals surface area contributed by atoms with Gasteiger partial charge in [0.2, 0.25) is 0 Å². The van der Waals surface area contributed by atoms with E-state index in [1.54, 1.807) is 0 Å². The van der Waals surface area contributed by atoms with Crippen molar-refractivity contribution >= 4 is 5.97 Å². The summed E-state index contributed by atoms with van der Waals surface area (Å²) in [5, 5.41) is 12.2. The average Bonchev–Trinajstić information content (AvgIpc) is 2.16. The summed E-state index contributed by atoms with van der Waals surface area (Å²) in [6.07, 6.45) is 2.92. The fourth-order valence-corrected chi connectivity index (χ4v) is 1.63. The largest absolute Gasteiger partial charge is 0.480 e. The lowest BCUT2D eigenvalue weighted by molar-refractivity contribution is -0.140.